The van der Waals surface area contributed by atoms with Crippen molar-refractivity contribution in [1.29, 1.82) is 0 Å². The van der Waals surface area contributed by atoms with E-state index in [1.54, 1.807) is 13.0 Å². The van der Waals surface area contributed by atoms with Gasteiger partial charge in [-0.2, -0.15) is 0 Å². The van der Waals surface area contributed by atoms with Gasteiger partial charge in [0.2, 0.25) is 0 Å². The molecule has 0 radical (unpaired) electrons. The summed E-state index contributed by atoms with van der Waals surface area (Å²) in [5, 5.41) is 9.99. The highest BCUT2D eigenvalue weighted by atomic mass is 16.5. The van der Waals surface area contributed by atoms with Gasteiger partial charge in [-0.1, -0.05) is 6.08 Å². The number of nitrogens with two attached hydrogens (primary N) is 1. The third-order valence-electron chi connectivity index (χ3n) is 2.51. The normalized spacial score (nSPS) is 9.94. The fourth-order valence-electron chi connectivity index (χ4n) is 1.75. The number of phenolic OH excluding ortho intramolecular Hbond substituents is 1. The Kier molecular flexibility index (Phi) is 3.66. The molecular weight excluding hydrogens is 206 g/mol. The van der Waals surface area contributed by atoms with Gasteiger partial charge in [-0.15, -0.1) is 6.58 Å². The van der Waals surface area contributed by atoms with Gasteiger partial charge < -0.3 is 20.3 Å². The van der Waals surface area contributed by atoms with Crippen LogP contribution in [0.25, 0.3) is 0 Å². The highest BCUT2D eigenvalue weighted by molar-refractivity contribution is 5.72. The summed E-state index contributed by atoms with van der Waals surface area (Å²) in [4.78, 5) is 0. The van der Waals surface area contributed by atoms with Crippen LogP contribution in [0.4, 0.5) is 5.69 Å². The van der Waals surface area contributed by atoms with Crippen LogP contribution >= 0.6 is 0 Å². The van der Waals surface area contributed by atoms with Gasteiger partial charge in [0.1, 0.15) is 5.75 Å². The van der Waals surface area contributed by atoms with Crippen molar-refractivity contribution in [2.24, 2.45) is 0 Å². The van der Waals surface area contributed by atoms with Gasteiger partial charge in [0.25, 0.3) is 0 Å². The summed E-state index contributed by atoms with van der Waals surface area (Å²) in [6.07, 6.45) is 2.13. The highest BCUT2D eigenvalue weighted by Gasteiger charge is 2.20. The van der Waals surface area contributed by atoms with E-state index in [0.29, 0.717) is 34.7 Å². The summed E-state index contributed by atoms with van der Waals surface area (Å²) in [6, 6.07) is 0. The first-order valence-corrected chi connectivity index (χ1v) is 4.91. The summed E-state index contributed by atoms with van der Waals surface area (Å²) >= 11 is 0. The molecule has 0 spiro atoms. The number of rotatable bonds is 4. The zero-order valence-electron chi connectivity index (χ0n) is 9.83. The quantitative estimate of drug-likeness (QED) is 0.605. The lowest BCUT2D eigenvalue weighted by atomic mass is 10.0. The minimum absolute atomic E-state index is 0.0539. The van der Waals surface area contributed by atoms with Crippen LogP contribution < -0.4 is 15.2 Å². The van der Waals surface area contributed by atoms with Crippen molar-refractivity contribution in [2.75, 3.05) is 20.0 Å². The first-order chi connectivity index (χ1) is 7.58. The van der Waals surface area contributed by atoms with Crippen molar-refractivity contribution in [3.8, 4) is 17.2 Å². The van der Waals surface area contributed by atoms with Crippen molar-refractivity contribution < 1.29 is 14.6 Å². The number of phenols is 1. The Bertz CT molecular complexity index is 382. The summed E-state index contributed by atoms with van der Waals surface area (Å²) in [6.45, 7) is 5.41. The fraction of sp³-hybridized carbons (Fsp3) is 0.333. The largest absolute Gasteiger partial charge is 0.504 e. The number of benzene rings is 1. The molecule has 0 bridgehead atoms. The van der Waals surface area contributed by atoms with Crippen LogP contribution in [0.2, 0.25) is 0 Å². The monoisotopic (exact) mass is 223 g/mol. The van der Waals surface area contributed by atoms with Gasteiger partial charge in [0.15, 0.2) is 11.5 Å². The average Bonchev–Trinajstić information content (AvgIpc) is 2.26. The van der Waals surface area contributed by atoms with Crippen LogP contribution in [0.15, 0.2) is 12.7 Å². The summed E-state index contributed by atoms with van der Waals surface area (Å²) < 4.78 is 10.4. The second-order valence-corrected chi connectivity index (χ2v) is 3.43. The Morgan fingerprint density at radius 3 is 2.31 bits per heavy atom. The van der Waals surface area contributed by atoms with Crippen LogP contribution in [0.5, 0.6) is 17.2 Å². The number of hydrogen-bond acceptors (Lipinski definition) is 4. The van der Waals surface area contributed by atoms with Crippen LogP contribution in [-0.4, -0.2) is 19.3 Å². The van der Waals surface area contributed by atoms with E-state index in [1.807, 2.05) is 0 Å². The molecule has 4 nitrogen and oxygen atoms in total. The van der Waals surface area contributed by atoms with Gasteiger partial charge >= 0.3 is 0 Å². The molecule has 1 rings (SSSR count). The van der Waals surface area contributed by atoms with Crippen LogP contribution in [0.3, 0.4) is 0 Å². The first-order valence-electron chi connectivity index (χ1n) is 4.91. The van der Waals surface area contributed by atoms with Gasteiger partial charge in [0, 0.05) is 11.1 Å². The van der Waals surface area contributed by atoms with Gasteiger partial charge in [-0.25, -0.2) is 0 Å². The lowest BCUT2D eigenvalue weighted by Gasteiger charge is -2.17. The molecule has 0 atom stereocenters. The second kappa shape index (κ2) is 4.79. The highest BCUT2D eigenvalue weighted by Crippen LogP contribution is 2.44. The maximum atomic E-state index is 9.99. The lowest BCUT2D eigenvalue weighted by molar-refractivity contribution is 0.358. The fourth-order valence-corrected chi connectivity index (χ4v) is 1.75. The maximum Gasteiger partial charge on any atom is 0.167 e. The summed E-state index contributed by atoms with van der Waals surface area (Å²) in [5.74, 6) is 0.979. The van der Waals surface area contributed by atoms with Gasteiger partial charge in [-0.3, -0.25) is 0 Å². The number of aromatic hydroxyl groups is 1. The van der Waals surface area contributed by atoms with Crippen LogP contribution in [0, 0.1) is 6.92 Å². The predicted molar refractivity (Wildman–Crippen MR) is 64.3 cm³/mol. The topological polar surface area (TPSA) is 64.7 Å². The number of ether oxygens (including phenoxy) is 2. The maximum absolute atomic E-state index is 9.99. The third-order valence-corrected chi connectivity index (χ3v) is 2.51. The molecule has 1 aromatic carbocycles. The molecule has 0 fully saturated rings. The molecule has 0 aliphatic rings. The molecule has 0 heterocycles. The number of methoxy groups -OCH3 is 2. The molecule has 88 valence electrons. The molecule has 16 heavy (non-hydrogen) atoms. The Hall–Kier alpha value is -1.84. The first kappa shape index (κ1) is 12.2. The molecule has 0 aliphatic heterocycles. The molecule has 0 aliphatic carbocycles. The molecule has 3 N–H and O–H groups in total. The van der Waals surface area contributed by atoms with Crippen LogP contribution in [0.1, 0.15) is 11.1 Å². The number of allylic oxidation sites excluding steroid dienone is 1. The van der Waals surface area contributed by atoms with Gasteiger partial charge in [0.05, 0.1) is 19.9 Å². The number of nitrogen functional groups attached to an aromatic ring is 1. The third kappa shape index (κ3) is 1.78. The molecule has 0 saturated heterocycles. The average molecular weight is 223 g/mol. The molecular formula is C12H17NO3. The molecule has 0 amide bonds. The Morgan fingerprint density at radius 2 is 1.88 bits per heavy atom. The molecule has 4 heteroatoms. The van der Waals surface area contributed by atoms with Gasteiger partial charge in [-0.05, 0) is 13.3 Å². The SMILES string of the molecule is C=CCc1c(N)c(OC)c(C)c(OC)c1O. The molecule has 1 aromatic rings. The van der Waals surface area contributed by atoms with Crippen molar-refractivity contribution in [3.05, 3.63) is 23.8 Å². The Morgan fingerprint density at radius 1 is 1.31 bits per heavy atom. The predicted octanol–water partition coefficient (Wildman–Crippen LogP) is 2.03. The minimum Gasteiger partial charge on any atom is -0.504 e. The Labute approximate surface area is 95.3 Å². The van der Waals surface area contributed by atoms with E-state index in [2.05, 4.69) is 6.58 Å². The van der Waals surface area contributed by atoms with Crippen molar-refractivity contribution in [3.63, 3.8) is 0 Å². The van der Waals surface area contributed by atoms with E-state index in [9.17, 15) is 5.11 Å². The lowest BCUT2D eigenvalue weighted by Crippen LogP contribution is -2.03. The van der Waals surface area contributed by atoms with E-state index in [-0.39, 0.29) is 5.75 Å². The second-order valence-electron chi connectivity index (χ2n) is 3.43. The van der Waals surface area contributed by atoms with E-state index >= 15 is 0 Å². The number of anilines is 1. The van der Waals surface area contributed by atoms with E-state index in [1.165, 1.54) is 14.2 Å². The summed E-state index contributed by atoms with van der Waals surface area (Å²) in [7, 11) is 3.03. The minimum atomic E-state index is 0.0539. The van der Waals surface area contributed by atoms with E-state index in [4.69, 9.17) is 15.2 Å². The van der Waals surface area contributed by atoms with E-state index in [0.717, 1.165) is 0 Å². The smallest absolute Gasteiger partial charge is 0.167 e. The summed E-state index contributed by atoms with van der Waals surface area (Å²) in [5.41, 5.74) is 7.61. The molecule has 0 saturated carbocycles. The van der Waals surface area contributed by atoms with Crippen LogP contribution in [-0.2, 0) is 6.42 Å². The molecule has 0 unspecified atom stereocenters. The van der Waals surface area contributed by atoms with Crippen molar-refractivity contribution >= 4 is 5.69 Å². The van der Waals surface area contributed by atoms with Crippen molar-refractivity contribution in [1.82, 2.24) is 0 Å². The van der Waals surface area contributed by atoms with Crippen molar-refractivity contribution in [2.45, 2.75) is 13.3 Å². The number of hydrogen-bond donors (Lipinski definition) is 2. The Balaban J connectivity index is 3.55. The zero-order chi connectivity index (χ0) is 12.3. The molecule has 0 aromatic heterocycles. The zero-order valence-corrected chi connectivity index (χ0v) is 9.83. The van der Waals surface area contributed by atoms with E-state index < -0.39 is 0 Å². The standard InChI is InChI=1S/C12H17NO3/c1-5-6-8-9(13)11(15-3)7(2)12(16-4)10(8)14/h5,14H,1,6,13H2,2-4H3.